The minimum Gasteiger partial charge on any atom is -0.454 e. The van der Waals surface area contributed by atoms with E-state index in [2.05, 4.69) is 15.4 Å². The number of rotatable bonds is 6. The molecule has 3 aromatic rings. The minimum absolute atomic E-state index is 0.0306. The predicted octanol–water partition coefficient (Wildman–Crippen LogP) is 3.23. The number of aromatic nitrogens is 1. The second-order valence-corrected chi connectivity index (χ2v) is 8.70. The number of carbonyl (C=O) groups excluding carboxylic acids is 1. The van der Waals surface area contributed by atoms with Crippen molar-refractivity contribution in [2.45, 2.75) is 37.6 Å². The van der Waals surface area contributed by atoms with Gasteiger partial charge in [0, 0.05) is 42.9 Å². The number of benzene rings is 2. The van der Waals surface area contributed by atoms with E-state index in [1.54, 1.807) is 18.2 Å². The third kappa shape index (κ3) is 4.07. The Labute approximate surface area is 191 Å². The lowest BCUT2D eigenvalue weighted by Crippen LogP contribution is -2.64. The first-order valence-corrected chi connectivity index (χ1v) is 11.3. The highest BCUT2D eigenvalue weighted by Crippen LogP contribution is 2.34. The van der Waals surface area contributed by atoms with Gasteiger partial charge < -0.3 is 24.1 Å². The highest BCUT2D eigenvalue weighted by Gasteiger charge is 2.44. The van der Waals surface area contributed by atoms with Gasteiger partial charge in [-0.05, 0) is 31.0 Å². The van der Waals surface area contributed by atoms with Crippen LogP contribution >= 0.6 is 0 Å². The maximum Gasteiger partial charge on any atom is 0.251 e. The van der Waals surface area contributed by atoms with Crippen LogP contribution in [0.15, 0.2) is 59.1 Å². The number of nitrogens with one attached hydrogen (secondary N) is 1. The average Bonchev–Trinajstić information content (AvgIpc) is 3.51. The minimum atomic E-state index is -0.130. The molecule has 1 N–H and O–H groups in total. The Balaban J connectivity index is 0.981. The van der Waals surface area contributed by atoms with Gasteiger partial charge in [0.2, 0.25) is 6.79 Å². The third-order valence-corrected chi connectivity index (χ3v) is 6.57. The summed E-state index contributed by atoms with van der Waals surface area (Å²) in [5.41, 5.74) is 2.53. The maximum absolute atomic E-state index is 12.5. The van der Waals surface area contributed by atoms with Crippen LogP contribution in [0.5, 0.6) is 11.5 Å². The van der Waals surface area contributed by atoms with Crippen molar-refractivity contribution < 1.29 is 23.5 Å². The van der Waals surface area contributed by atoms with Crippen LogP contribution in [0.1, 0.15) is 28.9 Å². The summed E-state index contributed by atoms with van der Waals surface area (Å²) < 4.78 is 22.4. The van der Waals surface area contributed by atoms with Gasteiger partial charge in [-0.3, -0.25) is 9.69 Å². The van der Waals surface area contributed by atoms with Crippen molar-refractivity contribution in [1.82, 2.24) is 15.4 Å². The summed E-state index contributed by atoms with van der Waals surface area (Å²) in [4.78, 5) is 14.9. The zero-order valence-corrected chi connectivity index (χ0v) is 18.1. The molecule has 0 radical (unpaired) electrons. The van der Waals surface area contributed by atoms with Gasteiger partial charge in [-0.25, -0.2) is 0 Å². The molecule has 1 aromatic heterocycles. The van der Waals surface area contributed by atoms with Gasteiger partial charge in [0.05, 0.1) is 17.9 Å². The lowest BCUT2D eigenvalue weighted by atomic mass is 9.89. The average molecular weight is 447 g/mol. The number of ether oxygens (including phenoxy) is 3. The molecular formula is C25H25N3O5. The fourth-order valence-electron chi connectivity index (χ4n) is 4.77. The van der Waals surface area contributed by atoms with Crippen molar-refractivity contribution in [2.24, 2.45) is 0 Å². The Hall–Kier alpha value is -3.36. The van der Waals surface area contributed by atoms with E-state index < -0.39 is 0 Å². The standard InChI is InChI=1S/C25H25N3O5/c29-25(17-6-9-21-23(10-17)31-15-30-21)26-12-19-7-8-20-24(32-19)14-28(20)13-18-11-22(33-27-18)16-4-2-1-3-5-16/h1-6,9-11,19-20,24H,7-8,12-15H2,(H,26,29)/t19-,20+,24+/m1/s1. The lowest BCUT2D eigenvalue weighted by Gasteiger charge is -2.52. The SMILES string of the molecule is O=C(NC[C@H]1CC[C@H]2[C@H](CN2Cc2cc(-c3ccccc3)on2)O1)c1ccc2c(c1)OCO2. The quantitative estimate of drug-likeness (QED) is 0.621. The maximum atomic E-state index is 12.5. The molecule has 6 rings (SSSR count). The van der Waals surface area contributed by atoms with Crippen molar-refractivity contribution in [2.75, 3.05) is 19.9 Å². The van der Waals surface area contributed by atoms with E-state index >= 15 is 0 Å². The predicted molar refractivity (Wildman–Crippen MR) is 119 cm³/mol. The second-order valence-electron chi connectivity index (χ2n) is 8.70. The van der Waals surface area contributed by atoms with E-state index in [0.29, 0.717) is 29.6 Å². The van der Waals surface area contributed by atoms with Gasteiger partial charge in [0.15, 0.2) is 17.3 Å². The first-order chi connectivity index (χ1) is 16.2. The van der Waals surface area contributed by atoms with Crippen molar-refractivity contribution in [1.29, 1.82) is 0 Å². The molecule has 0 bridgehead atoms. The molecule has 170 valence electrons. The van der Waals surface area contributed by atoms with Crippen LogP contribution in [0.3, 0.4) is 0 Å². The van der Waals surface area contributed by atoms with Crippen LogP contribution in [0.2, 0.25) is 0 Å². The summed E-state index contributed by atoms with van der Waals surface area (Å²) in [5.74, 6) is 1.94. The number of nitrogens with zero attached hydrogens (tertiary/aromatic N) is 2. The molecular weight excluding hydrogens is 422 g/mol. The van der Waals surface area contributed by atoms with Gasteiger partial charge in [-0.2, -0.15) is 0 Å². The Morgan fingerprint density at radius 3 is 2.82 bits per heavy atom. The van der Waals surface area contributed by atoms with Crippen LogP contribution < -0.4 is 14.8 Å². The molecule has 3 atom stereocenters. The molecule has 2 fully saturated rings. The zero-order valence-electron chi connectivity index (χ0n) is 18.1. The highest BCUT2D eigenvalue weighted by atomic mass is 16.7. The molecule has 0 unspecified atom stereocenters. The molecule has 3 aliphatic heterocycles. The van der Waals surface area contributed by atoms with Crippen molar-refractivity contribution in [3.8, 4) is 22.8 Å². The normalized spacial score (nSPS) is 23.6. The fraction of sp³-hybridized carbons (Fsp3) is 0.360. The van der Waals surface area contributed by atoms with E-state index in [0.717, 1.165) is 42.9 Å². The lowest BCUT2D eigenvalue weighted by molar-refractivity contribution is -0.168. The van der Waals surface area contributed by atoms with Crippen LogP contribution in [0.4, 0.5) is 0 Å². The smallest absolute Gasteiger partial charge is 0.251 e. The number of hydrogen-bond donors (Lipinski definition) is 1. The van der Waals surface area contributed by atoms with Crippen LogP contribution in [0.25, 0.3) is 11.3 Å². The van der Waals surface area contributed by atoms with Crippen molar-refractivity contribution in [3.05, 3.63) is 65.9 Å². The van der Waals surface area contributed by atoms with Gasteiger partial charge in [-0.15, -0.1) is 0 Å². The number of hydrogen-bond acceptors (Lipinski definition) is 7. The van der Waals surface area contributed by atoms with Crippen LogP contribution in [0, 0.1) is 0 Å². The van der Waals surface area contributed by atoms with Gasteiger partial charge >= 0.3 is 0 Å². The molecule has 0 spiro atoms. The summed E-state index contributed by atoms with van der Waals surface area (Å²) in [6, 6.07) is 17.6. The molecule has 2 aromatic carbocycles. The zero-order chi connectivity index (χ0) is 22.2. The van der Waals surface area contributed by atoms with E-state index in [4.69, 9.17) is 18.7 Å². The number of carbonyl (C=O) groups is 1. The van der Waals surface area contributed by atoms with Crippen LogP contribution in [-0.2, 0) is 11.3 Å². The monoisotopic (exact) mass is 447 g/mol. The van der Waals surface area contributed by atoms with Crippen molar-refractivity contribution >= 4 is 5.91 Å². The molecule has 8 nitrogen and oxygen atoms in total. The van der Waals surface area contributed by atoms with E-state index in [9.17, 15) is 4.79 Å². The summed E-state index contributed by atoms with van der Waals surface area (Å²) in [5, 5.41) is 7.24. The Bertz CT molecular complexity index is 1150. The molecule has 33 heavy (non-hydrogen) atoms. The summed E-state index contributed by atoms with van der Waals surface area (Å²) in [7, 11) is 0. The summed E-state index contributed by atoms with van der Waals surface area (Å²) >= 11 is 0. The second kappa shape index (κ2) is 8.53. The fourth-order valence-corrected chi connectivity index (χ4v) is 4.77. The van der Waals surface area contributed by atoms with Crippen LogP contribution in [-0.4, -0.2) is 54.1 Å². The first-order valence-electron chi connectivity index (χ1n) is 11.3. The Kier molecular flexibility index (Phi) is 5.24. The molecule has 0 saturated carbocycles. The van der Waals surface area contributed by atoms with E-state index in [-0.39, 0.29) is 24.9 Å². The molecule has 8 heteroatoms. The molecule has 3 aliphatic rings. The number of amides is 1. The highest BCUT2D eigenvalue weighted by molar-refractivity contribution is 5.94. The molecule has 1 amide bonds. The summed E-state index contributed by atoms with van der Waals surface area (Å²) in [6.07, 6.45) is 2.18. The molecule has 4 heterocycles. The number of fused-ring (bicyclic) bond motifs is 2. The van der Waals surface area contributed by atoms with Gasteiger partial charge in [0.25, 0.3) is 5.91 Å². The topological polar surface area (TPSA) is 86.1 Å². The molecule has 0 aliphatic carbocycles. The number of likely N-dealkylation sites (tertiary alicyclic amines) is 1. The van der Waals surface area contributed by atoms with E-state index in [1.807, 2.05) is 36.4 Å². The Morgan fingerprint density at radius 1 is 1.06 bits per heavy atom. The Morgan fingerprint density at radius 2 is 1.94 bits per heavy atom. The summed E-state index contributed by atoms with van der Waals surface area (Å²) in [6.45, 7) is 2.32. The first kappa shape index (κ1) is 20.3. The van der Waals surface area contributed by atoms with Crippen molar-refractivity contribution in [3.63, 3.8) is 0 Å². The van der Waals surface area contributed by atoms with Gasteiger partial charge in [-0.1, -0.05) is 35.5 Å². The molecule has 2 saturated heterocycles. The van der Waals surface area contributed by atoms with Gasteiger partial charge in [0.1, 0.15) is 0 Å². The van der Waals surface area contributed by atoms with E-state index in [1.165, 1.54) is 0 Å². The third-order valence-electron chi connectivity index (χ3n) is 6.57. The largest absolute Gasteiger partial charge is 0.454 e.